The molecular formula is C25H34N4O2. The first-order chi connectivity index (χ1) is 14.9. The highest BCUT2D eigenvalue weighted by Crippen LogP contribution is 2.37. The third-order valence-corrected chi connectivity index (χ3v) is 6.00. The van der Waals surface area contributed by atoms with Gasteiger partial charge in [-0.2, -0.15) is 0 Å². The van der Waals surface area contributed by atoms with Gasteiger partial charge in [-0.25, -0.2) is 9.78 Å². The van der Waals surface area contributed by atoms with Crippen molar-refractivity contribution in [3.63, 3.8) is 0 Å². The van der Waals surface area contributed by atoms with E-state index in [9.17, 15) is 4.79 Å². The number of likely N-dealkylation sites (tertiary alicyclic amines) is 1. The number of aromatic nitrogens is 1. The van der Waals surface area contributed by atoms with Gasteiger partial charge < -0.3 is 14.5 Å². The van der Waals surface area contributed by atoms with E-state index in [0.717, 1.165) is 38.4 Å². The van der Waals surface area contributed by atoms with E-state index < -0.39 is 5.60 Å². The lowest BCUT2D eigenvalue weighted by molar-refractivity contribution is 0.0240. The van der Waals surface area contributed by atoms with Crippen LogP contribution in [0.3, 0.4) is 0 Å². The van der Waals surface area contributed by atoms with Crippen molar-refractivity contribution in [1.82, 2.24) is 14.8 Å². The molecule has 1 atom stereocenters. The second-order valence-electron chi connectivity index (χ2n) is 9.48. The molecule has 4 rings (SSSR count). The van der Waals surface area contributed by atoms with Gasteiger partial charge in [0.1, 0.15) is 11.4 Å². The van der Waals surface area contributed by atoms with Crippen molar-refractivity contribution in [2.75, 3.05) is 37.6 Å². The first kappa shape index (κ1) is 21.6. The number of hydrogen-bond donors (Lipinski definition) is 0. The van der Waals surface area contributed by atoms with E-state index in [0.29, 0.717) is 19.1 Å². The van der Waals surface area contributed by atoms with Gasteiger partial charge in [0.2, 0.25) is 0 Å². The summed E-state index contributed by atoms with van der Waals surface area (Å²) in [4.78, 5) is 23.9. The van der Waals surface area contributed by atoms with Crippen LogP contribution in [0.2, 0.25) is 0 Å². The van der Waals surface area contributed by atoms with Crippen molar-refractivity contribution in [2.45, 2.75) is 51.8 Å². The lowest BCUT2D eigenvalue weighted by Crippen LogP contribution is -2.50. The van der Waals surface area contributed by atoms with Crippen molar-refractivity contribution < 1.29 is 9.53 Å². The molecule has 2 aromatic rings. The van der Waals surface area contributed by atoms with Crippen LogP contribution in [0.5, 0.6) is 0 Å². The van der Waals surface area contributed by atoms with E-state index in [2.05, 4.69) is 52.3 Å². The van der Waals surface area contributed by atoms with Gasteiger partial charge in [0.05, 0.1) is 0 Å². The fourth-order valence-electron chi connectivity index (χ4n) is 4.55. The molecule has 1 unspecified atom stereocenters. The Morgan fingerprint density at radius 2 is 1.77 bits per heavy atom. The predicted molar refractivity (Wildman–Crippen MR) is 123 cm³/mol. The zero-order valence-electron chi connectivity index (χ0n) is 19.0. The quantitative estimate of drug-likeness (QED) is 0.727. The van der Waals surface area contributed by atoms with Gasteiger partial charge in [-0.3, -0.25) is 4.90 Å². The summed E-state index contributed by atoms with van der Waals surface area (Å²) in [7, 11) is 0. The van der Waals surface area contributed by atoms with Crippen molar-refractivity contribution in [2.24, 2.45) is 0 Å². The average molecular weight is 423 g/mol. The first-order valence-electron chi connectivity index (χ1n) is 11.4. The molecule has 1 aromatic carbocycles. The topological polar surface area (TPSA) is 48.9 Å². The minimum Gasteiger partial charge on any atom is -0.444 e. The van der Waals surface area contributed by atoms with Crippen molar-refractivity contribution in [1.29, 1.82) is 0 Å². The van der Waals surface area contributed by atoms with Crippen LogP contribution in [0.15, 0.2) is 48.7 Å². The molecule has 1 aromatic heterocycles. The Balaban J connectivity index is 1.45. The lowest BCUT2D eigenvalue weighted by Gasteiger charge is -2.37. The fraction of sp³-hybridized carbons (Fsp3) is 0.520. The van der Waals surface area contributed by atoms with E-state index in [1.54, 1.807) is 0 Å². The van der Waals surface area contributed by atoms with Gasteiger partial charge in [0, 0.05) is 50.5 Å². The number of rotatable bonds is 4. The van der Waals surface area contributed by atoms with Crippen LogP contribution in [0.1, 0.15) is 50.8 Å². The molecule has 2 saturated heterocycles. The number of piperazine rings is 1. The largest absolute Gasteiger partial charge is 0.444 e. The van der Waals surface area contributed by atoms with Crippen LogP contribution >= 0.6 is 0 Å². The van der Waals surface area contributed by atoms with Crippen molar-refractivity contribution >= 4 is 11.9 Å². The van der Waals surface area contributed by atoms with Gasteiger partial charge >= 0.3 is 6.09 Å². The molecule has 0 aliphatic carbocycles. The third kappa shape index (κ3) is 5.37. The molecule has 2 aliphatic rings. The Labute approximate surface area is 185 Å². The molecule has 0 bridgehead atoms. The third-order valence-electron chi connectivity index (χ3n) is 6.00. The molecular weight excluding hydrogens is 388 g/mol. The van der Waals surface area contributed by atoms with Crippen LogP contribution < -0.4 is 4.90 Å². The zero-order chi connectivity index (χ0) is 21.8. The van der Waals surface area contributed by atoms with Gasteiger partial charge in [0.15, 0.2) is 0 Å². The number of carbonyl (C=O) groups is 1. The fourth-order valence-corrected chi connectivity index (χ4v) is 4.55. The summed E-state index contributed by atoms with van der Waals surface area (Å²) in [5.41, 5.74) is 2.19. The van der Waals surface area contributed by atoms with E-state index in [4.69, 9.17) is 9.72 Å². The molecule has 1 amide bonds. The minimum atomic E-state index is -0.465. The van der Waals surface area contributed by atoms with Gasteiger partial charge in [-0.15, -0.1) is 0 Å². The number of pyridine rings is 1. The maximum absolute atomic E-state index is 12.4. The van der Waals surface area contributed by atoms with Crippen LogP contribution in [-0.2, 0) is 11.3 Å². The standard InChI is InChI=1S/C25H34N4O2/c1-25(2,3)31-24(30)28-17-15-27(16-18-28)23-21(11-7-13-26-23)22-12-8-14-29(22)19-20-9-5-4-6-10-20/h4-7,9-11,13,22H,8,12,14-19H2,1-3H3. The highest BCUT2D eigenvalue weighted by atomic mass is 16.6. The number of ether oxygens (including phenoxy) is 1. The Hall–Kier alpha value is -2.60. The highest BCUT2D eigenvalue weighted by Gasteiger charge is 2.31. The van der Waals surface area contributed by atoms with Gasteiger partial charge in [-0.05, 0) is 51.8 Å². The second-order valence-corrected chi connectivity index (χ2v) is 9.48. The SMILES string of the molecule is CC(C)(C)OC(=O)N1CCN(c2ncccc2C2CCCN2Cc2ccccc2)CC1. The van der Waals surface area contributed by atoms with E-state index in [-0.39, 0.29) is 6.09 Å². The number of anilines is 1. The van der Waals surface area contributed by atoms with Gasteiger partial charge in [-0.1, -0.05) is 36.4 Å². The Kier molecular flexibility index (Phi) is 6.46. The number of nitrogens with zero attached hydrogens (tertiary/aromatic N) is 4. The van der Waals surface area contributed by atoms with E-state index in [1.807, 2.05) is 31.9 Å². The minimum absolute atomic E-state index is 0.224. The van der Waals surface area contributed by atoms with Crippen LogP contribution in [0.25, 0.3) is 0 Å². The highest BCUT2D eigenvalue weighted by molar-refractivity contribution is 5.68. The Morgan fingerprint density at radius 3 is 2.48 bits per heavy atom. The summed E-state index contributed by atoms with van der Waals surface area (Å²) < 4.78 is 5.54. The van der Waals surface area contributed by atoms with Crippen LogP contribution in [-0.4, -0.2) is 59.2 Å². The number of hydrogen-bond acceptors (Lipinski definition) is 5. The normalized spacial score (nSPS) is 20.2. The Morgan fingerprint density at radius 1 is 1.03 bits per heavy atom. The summed E-state index contributed by atoms with van der Waals surface area (Å²) in [6, 6.07) is 15.4. The molecule has 6 heteroatoms. The number of amides is 1. The molecule has 2 aliphatic heterocycles. The van der Waals surface area contributed by atoms with Crippen LogP contribution in [0.4, 0.5) is 10.6 Å². The Bertz CT molecular complexity index is 873. The molecule has 0 radical (unpaired) electrons. The van der Waals surface area contributed by atoms with Crippen molar-refractivity contribution in [3.05, 3.63) is 59.8 Å². The molecule has 0 spiro atoms. The predicted octanol–water partition coefficient (Wildman–Crippen LogP) is 4.48. The first-order valence-corrected chi connectivity index (χ1v) is 11.4. The summed E-state index contributed by atoms with van der Waals surface area (Å²) >= 11 is 0. The summed E-state index contributed by atoms with van der Waals surface area (Å²) in [5, 5.41) is 0. The molecule has 3 heterocycles. The second kappa shape index (κ2) is 9.27. The van der Waals surface area contributed by atoms with Crippen LogP contribution in [0, 0.1) is 0 Å². The number of benzene rings is 1. The maximum Gasteiger partial charge on any atom is 0.410 e. The molecule has 31 heavy (non-hydrogen) atoms. The monoisotopic (exact) mass is 422 g/mol. The lowest BCUT2D eigenvalue weighted by atomic mass is 10.0. The summed E-state index contributed by atoms with van der Waals surface area (Å²) in [5.74, 6) is 1.07. The van der Waals surface area contributed by atoms with E-state index in [1.165, 1.54) is 17.5 Å². The molecule has 0 N–H and O–H groups in total. The molecule has 0 saturated carbocycles. The van der Waals surface area contributed by atoms with Gasteiger partial charge in [0.25, 0.3) is 0 Å². The average Bonchev–Trinajstić information content (AvgIpc) is 3.21. The zero-order valence-corrected chi connectivity index (χ0v) is 19.0. The molecule has 166 valence electrons. The van der Waals surface area contributed by atoms with E-state index >= 15 is 0 Å². The number of carbonyl (C=O) groups excluding carboxylic acids is 1. The maximum atomic E-state index is 12.4. The molecule has 6 nitrogen and oxygen atoms in total. The smallest absolute Gasteiger partial charge is 0.410 e. The summed E-state index contributed by atoms with van der Waals surface area (Å²) in [6.45, 7) is 10.7. The molecule has 2 fully saturated rings. The van der Waals surface area contributed by atoms with Crippen molar-refractivity contribution in [3.8, 4) is 0 Å². The summed E-state index contributed by atoms with van der Waals surface area (Å²) in [6.07, 6.45) is 4.02.